The Morgan fingerprint density at radius 1 is 1.27 bits per heavy atom. The molecule has 0 saturated carbocycles. The minimum atomic E-state index is -3.35. The minimum Gasteiger partial charge on any atom is -0.382 e. The highest BCUT2D eigenvalue weighted by atomic mass is 32.2. The number of sulfonamides is 1. The van der Waals surface area contributed by atoms with Gasteiger partial charge in [0.2, 0.25) is 10.0 Å². The number of aliphatic hydroxyl groups excluding tert-OH is 1. The van der Waals surface area contributed by atoms with Gasteiger partial charge in [-0.25, -0.2) is 13.1 Å². The van der Waals surface area contributed by atoms with Crippen molar-refractivity contribution in [3.8, 4) is 0 Å². The number of fused-ring (bicyclic) bond motifs is 2. The van der Waals surface area contributed by atoms with Crippen LogP contribution in [-0.2, 0) is 22.9 Å². The number of aromatic nitrogens is 2. The Hall–Kier alpha value is -2.06. The third kappa shape index (κ3) is 2.77. The van der Waals surface area contributed by atoms with E-state index < -0.39 is 16.3 Å². The maximum absolute atomic E-state index is 12.1. The highest BCUT2D eigenvalue weighted by Crippen LogP contribution is 2.42. The van der Waals surface area contributed by atoms with Crippen LogP contribution < -0.4 is 10.0 Å². The Kier molecular flexibility index (Phi) is 4.19. The van der Waals surface area contributed by atoms with Gasteiger partial charge in [0.1, 0.15) is 5.82 Å². The maximum atomic E-state index is 12.1. The largest absolute Gasteiger partial charge is 0.382 e. The lowest BCUT2D eigenvalue weighted by atomic mass is 9.89. The fourth-order valence-electron chi connectivity index (χ4n) is 4.26. The van der Waals surface area contributed by atoms with Gasteiger partial charge >= 0.3 is 0 Å². The van der Waals surface area contributed by atoms with Gasteiger partial charge in [0.05, 0.1) is 11.9 Å². The van der Waals surface area contributed by atoms with Gasteiger partial charge in [-0.1, -0.05) is 18.2 Å². The zero-order valence-corrected chi connectivity index (χ0v) is 15.6. The lowest BCUT2D eigenvalue weighted by Gasteiger charge is -2.36. The molecule has 1 aromatic heterocycles. The van der Waals surface area contributed by atoms with E-state index in [-0.39, 0.29) is 5.92 Å². The molecule has 26 heavy (non-hydrogen) atoms. The van der Waals surface area contributed by atoms with E-state index in [0.717, 1.165) is 42.5 Å². The van der Waals surface area contributed by atoms with Gasteiger partial charge in [-0.15, -0.1) is 0 Å². The first-order chi connectivity index (χ1) is 12.4. The van der Waals surface area contributed by atoms with Gasteiger partial charge in [0.15, 0.2) is 6.23 Å². The van der Waals surface area contributed by atoms with Gasteiger partial charge in [0.25, 0.3) is 0 Å². The molecule has 140 valence electrons. The molecule has 2 heterocycles. The Labute approximate surface area is 153 Å². The Balaban J connectivity index is 1.75. The summed E-state index contributed by atoms with van der Waals surface area (Å²) >= 11 is 0. The third-order valence-corrected chi connectivity index (χ3v) is 6.68. The van der Waals surface area contributed by atoms with E-state index in [4.69, 9.17) is 5.73 Å². The number of hydrogen-bond acceptors (Lipinski definition) is 5. The van der Waals surface area contributed by atoms with E-state index in [1.165, 1.54) is 10.6 Å². The van der Waals surface area contributed by atoms with Crippen LogP contribution in [0.3, 0.4) is 0 Å². The molecule has 7 nitrogen and oxygen atoms in total. The third-order valence-electron chi connectivity index (χ3n) is 5.50. The van der Waals surface area contributed by atoms with Crippen LogP contribution in [0.15, 0.2) is 24.3 Å². The average molecular weight is 376 g/mol. The highest BCUT2D eigenvalue weighted by Gasteiger charge is 2.36. The molecule has 8 heteroatoms. The van der Waals surface area contributed by atoms with E-state index >= 15 is 0 Å². The van der Waals surface area contributed by atoms with E-state index in [1.807, 2.05) is 18.2 Å². The van der Waals surface area contributed by atoms with E-state index in [1.54, 1.807) is 10.7 Å². The number of anilines is 2. The first kappa shape index (κ1) is 17.4. The van der Waals surface area contributed by atoms with Crippen molar-refractivity contribution >= 4 is 21.5 Å². The zero-order chi connectivity index (χ0) is 18.5. The summed E-state index contributed by atoms with van der Waals surface area (Å²) in [5.74, 6) is 0.273. The van der Waals surface area contributed by atoms with Crippen LogP contribution in [0, 0.1) is 0 Å². The maximum Gasteiger partial charge on any atom is 0.232 e. The second-order valence-electron chi connectivity index (χ2n) is 7.16. The van der Waals surface area contributed by atoms with Gasteiger partial charge in [-0.05, 0) is 43.7 Å². The van der Waals surface area contributed by atoms with E-state index in [9.17, 15) is 13.5 Å². The van der Waals surface area contributed by atoms with Crippen LogP contribution in [-0.4, -0.2) is 36.1 Å². The Morgan fingerprint density at radius 2 is 2.00 bits per heavy atom. The lowest BCUT2D eigenvalue weighted by Crippen LogP contribution is -2.38. The first-order valence-corrected chi connectivity index (χ1v) is 10.8. The lowest BCUT2D eigenvalue weighted by molar-refractivity contribution is 0.0548. The topological polar surface area (TPSA) is 101 Å². The summed E-state index contributed by atoms with van der Waals surface area (Å²) in [6.07, 6.45) is 4.80. The molecule has 3 N–H and O–H groups in total. The molecule has 2 aliphatic rings. The zero-order valence-electron chi connectivity index (χ0n) is 14.8. The molecule has 0 saturated heterocycles. The second kappa shape index (κ2) is 6.28. The minimum absolute atomic E-state index is 0.227. The van der Waals surface area contributed by atoms with Crippen LogP contribution in [0.1, 0.15) is 48.2 Å². The molecule has 0 amide bonds. The van der Waals surface area contributed by atoms with Crippen molar-refractivity contribution in [3.05, 3.63) is 41.1 Å². The molecule has 2 atom stereocenters. The number of nitrogen functional groups attached to an aromatic ring is 1. The number of rotatable bonds is 3. The van der Waals surface area contributed by atoms with E-state index in [2.05, 4.69) is 5.10 Å². The standard InChI is InChI=1S/C18H24N4O3S/c1-26(24,25)21-11-10-13(12-6-2-4-8-15(12)21)18(23)22-16-9-5-3-7-14(16)17(19)20-22/h2,4,6,8,13,18,23H,3,5,7,9-11H2,1H3,(H2,19,20). The molecular formula is C18H24N4O3S. The SMILES string of the molecule is CS(=O)(=O)N1CCC(C(O)n2nc(N)c3c2CCCC3)c2ccccc21. The fourth-order valence-corrected chi connectivity index (χ4v) is 5.22. The molecule has 2 aromatic rings. The number of benzene rings is 1. The smallest absolute Gasteiger partial charge is 0.232 e. The predicted molar refractivity (Wildman–Crippen MR) is 101 cm³/mol. The van der Waals surface area contributed by atoms with Gasteiger partial charge in [-0.3, -0.25) is 4.31 Å². The quantitative estimate of drug-likeness (QED) is 0.850. The molecule has 2 unspecified atom stereocenters. The van der Waals surface area contributed by atoms with Crippen molar-refractivity contribution in [2.75, 3.05) is 22.8 Å². The summed E-state index contributed by atoms with van der Waals surface area (Å²) in [6, 6.07) is 7.37. The number of nitrogens with zero attached hydrogens (tertiary/aromatic N) is 3. The Bertz CT molecular complexity index is 938. The molecule has 4 rings (SSSR count). The van der Waals surface area contributed by atoms with Gasteiger partial charge < -0.3 is 10.8 Å². The van der Waals surface area contributed by atoms with E-state index in [0.29, 0.717) is 24.5 Å². The second-order valence-corrected chi connectivity index (χ2v) is 9.07. The van der Waals surface area contributed by atoms with Crippen molar-refractivity contribution < 1.29 is 13.5 Å². The monoisotopic (exact) mass is 376 g/mol. The molecule has 1 aromatic carbocycles. The number of aliphatic hydroxyl groups is 1. The van der Waals surface area contributed by atoms with Crippen LogP contribution >= 0.6 is 0 Å². The Morgan fingerprint density at radius 3 is 2.77 bits per heavy atom. The number of hydrogen-bond donors (Lipinski definition) is 2. The fraction of sp³-hybridized carbons (Fsp3) is 0.500. The molecule has 1 aliphatic heterocycles. The van der Waals surface area contributed by atoms with Gasteiger partial charge in [-0.2, -0.15) is 5.10 Å². The van der Waals surface area contributed by atoms with Crippen LogP contribution in [0.4, 0.5) is 11.5 Å². The van der Waals surface area contributed by atoms with Crippen molar-refractivity contribution in [2.45, 2.75) is 44.2 Å². The van der Waals surface area contributed by atoms with Crippen LogP contribution in [0.25, 0.3) is 0 Å². The normalized spacial score (nSPS) is 21.2. The van der Waals surface area contributed by atoms with Crippen molar-refractivity contribution in [2.24, 2.45) is 0 Å². The highest BCUT2D eigenvalue weighted by molar-refractivity contribution is 7.92. The van der Waals surface area contributed by atoms with Gasteiger partial charge in [0, 0.05) is 23.7 Å². The van der Waals surface area contributed by atoms with Crippen molar-refractivity contribution in [1.82, 2.24) is 9.78 Å². The van der Waals surface area contributed by atoms with Crippen LogP contribution in [0.2, 0.25) is 0 Å². The molecule has 0 radical (unpaired) electrons. The summed E-state index contributed by atoms with van der Waals surface area (Å²) in [7, 11) is -3.35. The first-order valence-electron chi connectivity index (χ1n) is 8.98. The summed E-state index contributed by atoms with van der Waals surface area (Å²) in [5, 5.41) is 15.5. The summed E-state index contributed by atoms with van der Waals surface area (Å²) in [4.78, 5) is 0. The average Bonchev–Trinajstić information content (AvgIpc) is 2.96. The summed E-state index contributed by atoms with van der Waals surface area (Å²) in [5.41, 5.74) is 9.61. The summed E-state index contributed by atoms with van der Waals surface area (Å²) < 4.78 is 27.3. The molecule has 0 fully saturated rings. The predicted octanol–water partition coefficient (Wildman–Crippen LogP) is 1.79. The molecule has 0 spiro atoms. The molecule has 0 bridgehead atoms. The molecular weight excluding hydrogens is 352 g/mol. The van der Waals surface area contributed by atoms with Crippen molar-refractivity contribution in [1.29, 1.82) is 0 Å². The van der Waals surface area contributed by atoms with Crippen LogP contribution in [0.5, 0.6) is 0 Å². The summed E-state index contributed by atoms with van der Waals surface area (Å²) in [6.45, 7) is 0.344. The van der Waals surface area contributed by atoms with Crippen molar-refractivity contribution in [3.63, 3.8) is 0 Å². The number of nitrogens with two attached hydrogens (primary N) is 1. The number of para-hydroxylation sites is 1. The molecule has 1 aliphatic carbocycles.